The zero-order valence-corrected chi connectivity index (χ0v) is 23.2. The number of hydrogen-bond acceptors (Lipinski definition) is 8. The number of thioether (sulfide) groups is 1. The molecular weight excluding hydrogens is 540 g/mol. The van der Waals surface area contributed by atoms with Crippen LogP contribution < -0.4 is 0 Å². The van der Waals surface area contributed by atoms with E-state index in [0.29, 0.717) is 23.4 Å². The molecule has 9 nitrogen and oxygen atoms in total. The van der Waals surface area contributed by atoms with Gasteiger partial charge in [0, 0.05) is 48.4 Å². The summed E-state index contributed by atoms with van der Waals surface area (Å²) in [5, 5.41) is 18.0. The summed E-state index contributed by atoms with van der Waals surface area (Å²) in [7, 11) is -1.68. The average Bonchev–Trinajstić information content (AvgIpc) is 3.42. The molecule has 5 rings (SSSR count). The molecule has 0 bridgehead atoms. The van der Waals surface area contributed by atoms with Crippen LogP contribution in [0.4, 0.5) is 4.79 Å². The van der Waals surface area contributed by atoms with Crippen LogP contribution in [0.1, 0.15) is 26.2 Å². The Labute approximate surface area is 224 Å². The molecular formula is C23H27ClN6O3S3. The number of urea groups is 1. The van der Waals surface area contributed by atoms with Crippen molar-refractivity contribution in [3.05, 3.63) is 29.3 Å². The molecule has 2 amide bonds. The number of nitriles is 1. The van der Waals surface area contributed by atoms with Crippen molar-refractivity contribution in [2.24, 2.45) is 5.10 Å². The van der Waals surface area contributed by atoms with E-state index in [1.165, 1.54) is 20.7 Å². The highest BCUT2D eigenvalue weighted by Crippen LogP contribution is 2.36. The molecule has 0 spiro atoms. The van der Waals surface area contributed by atoms with Crippen molar-refractivity contribution in [3.63, 3.8) is 0 Å². The second-order valence-corrected chi connectivity index (χ2v) is 14.2. The summed E-state index contributed by atoms with van der Waals surface area (Å²) in [6.07, 6.45) is 1.45. The first-order valence-electron chi connectivity index (χ1n) is 11.8. The second-order valence-electron chi connectivity index (χ2n) is 9.19. The Morgan fingerprint density at radius 3 is 2.86 bits per heavy atom. The van der Waals surface area contributed by atoms with E-state index in [1.807, 2.05) is 6.07 Å². The molecule has 3 aliphatic heterocycles. The molecule has 13 heteroatoms. The van der Waals surface area contributed by atoms with Crippen LogP contribution in [0.25, 0.3) is 10.1 Å². The maximum Gasteiger partial charge on any atom is 0.340 e. The summed E-state index contributed by atoms with van der Waals surface area (Å²) >= 11 is 8.94. The SMILES string of the molecule is CC1SC2=NN(C(=O)N3CCN(S(=O)(=O)c4cc5ccc(Cl)cc5s4)CC3CCC#N)CCC2N1C. The Morgan fingerprint density at radius 1 is 1.28 bits per heavy atom. The number of benzene rings is 1. The fourth-order valence-corrected chi connectivity index (χ4v) is 9.44. The molecule has 3 aliphatic rings. The number of amides is 2. The van der Waals surface area contributed by atoms with Gasteiger partial charge in [-0.05, 0) is 50.4 Å². The maximum atomic E-state index is 13.5. The van der Waals surface area contributed by atoms with Crippen molar-refractivity contribution < 1.29 is 13.2 Å². The van der Waals surface area contributed by atoms with Crippen molar-refractivity contribution in [1.29, 1.82) is 5.26 Å². The molecule has 2 saturated heterocycles. The quantitative estimate of drug-likeness (QED) is 0.553. The number of hydrogen-bond donors (Lipinski definition) is 0. The van der Waals surface area contributed by atoms with Crippen LogP contribution in [0.15, 0.2) is 33.6 Å². The van der Waals surface area contributed by atoms with Crippen LogP contribution in [0.2, 0.25) is 5.02 Å². The summed E-state index contributed by atoms with van der Waals surface area (Å²) in [4.78, 5) is 17.5. The Morgan fingerprint density at radius 2 is 2.08 bits per heavy atom. The van der Waals surface area contributed by atoms with Gasteiger partial charge in [-0.3, -0.25) is 4.90 Å². The van der Waals surface area contributed by atoms with E-state index in [2.05, 4.69) is 30.0 Å². The second kappa shape index (κ2) is 10.1. The van der Waals surface area contributed by atoms with E-state index < -0.39 is 16.1 Å². The topological polar surface area (TPSA) is 100 Å². The molecule has 3 atom stereocenters. The number of carbonyl (C=O) groups is 1. The first-order valence-corrected chi connectivity index (χ1v) is 15.3. The number of nitrogens with zero attached hydrogens (tertiary/aromatic N) is 6. The van der Waals surface area contributed by atoms with E-state index >= 15 is 0 Å². The van der Waals surface area contributed by atoms with Gasteiger partial charge < -0.3 is 4.90 Å². The molecule has 0 aliphatic carbocycles. The summed E-state index contributed by atoms with van der Waals surface area (Å²) in [5.41, 5.74) is 0. The molecule has 192 valence electrons. The predicted molar refractivity (Wildman–Crippen MR) is 144 cm³/mol. The summed E-state index contributed by atoms with van der Waals surface area (Å²) in [6, 6.07) is 8.73. The van der Waals surface area contributed by atoms with Crippen LogP contribution >= 0.6 is 34.7 Å². The minimum atomic E-state index is -3.75. The fraction of sp³-hybridized carbons (Fsp3) is 0.522. The Kier molecular flexibility index (Phi) is 7.24. The van der Waals surface area contributed by atoms with Gasteiger partial charge in [0.15, 0.2) is 0 Å². The van der Waals surface area contributed by atoms with Gasteiger partial charge in [-0.15, -0.1) is 11.3 Å². The van der Waals surface area contributed by atoms with Crippen molar-refractivity contribution in [2.45, 2.75) is 47.9 Å². The summed E-state index contributed by atoms with van der Waals surface area (Å²) in [6.45, 7) is 3.22. The van der Waals surface area contributed by atoms with E-state index in [0.717, 1.165) is 21.6 Å². The molecule has 4 heterocycles. The minimum Gasteiger partial charge on any atom is -0.317 e. The van der Waals surface area contributed by atoms with Gasteiger partial charge in [0.1, 0.15) is 9.25 Å². The fourth-order valence-electron chi connectivity index (χ4n) is 4.89. The third-order valence-corrected chi connectivity index (χ3v) is 11.9. The largest absolute Gasteiger partial charge is 0.340 e. The highest BCUT2D eigenvalue weighted by atomic mass is 35.5. The molecule has 0 radical (unpaired) electrons. The smallest absolute Gasteiger partial charge is 0.317 e. The number of halogens is 1. The van der Waals surface area contributed by atoms with Crippen molar-refractivity contribution in [2.75, 3.05) is 33.2 Å². The molecule has 0 N–H and O–H groups in total. The van der Waals surface area contributed by atoms with Crippen molar-refractivity contribution in [3.8, 4) is 6.07 Å². The number of hydrazone groups is 1. The number of piperazine rings is 1. The molecule has 3 unspecified atom stereocenters. The normalized spacial score (nSPS) is 25.6. The van der Waals surface area contributed by atoms with Crippen LogP contribution in [0, 0.1) is 11.3 Å². The van der Waals surface area contributed by atoms with Gasteiger partial charge in [-0.25, -0.2) is 18.2 Å². The third-order valence-electron chi connectivity index (χ3n) is 7.03. The molecule has 2 aromatic rings. The number of rotatable bonds is 4. The number of fused-ring (bicyclic) bond motifs is 2. The monoisotopic (exact) mass is 566 g/mol. The zero-order chi connectivity index (χ0) is 25.6. The number of thiophene rings is 1. The van der Waals surface area contributed by atoms with Crippen molar-refractivity contribution >= 4 is 65.9 Å². The van der Waals surface area contributed by atoms with Crippen LogP contribution in [0.5, 0.6) is 0 Å². The Balaban J connectivity index is 1.35. The average molecular weight is 567 g/mol. The van der Waals surface area contributed by atoms with E-state index in [9.17, 15) is 18.5 Å². The van der Waals surface area contributed by atoms with Gasteiger partial charge in [0.25, 0.3) is 10.0 Å². The molecule has 1 aromatic carbocycles. The van der Waals surface area contributed by atoms with Gasteiger partial charge >= 0.3 is 6.03 Å². The third kappa shape index (κ3) is 4.73. The Hall–Kier alpha value is -1.88. The van der Waals surface area contributed by atoms with Gasteiger partial charge in [0.05, 0.1) is 17.5 Å². The van der Waals surface area contributed by atoms with Crippen LogP contribution in [-0.2, 0) is 10.0 Å². The first kappa shape index (κ1) is 25.8. The lowest BCUT2D eigenvalue weighted by atomic mass is 10.1. The lowest BCUT2D eigenvalue weighted by Gasteiger charge is -2.42. The summed E-state index contributed by atoms with van der Waals surface area (Å²) in [5.74, 6) is 0. The van der Waals surface area contributed by atoms with Crippen LogP contribution in [-0.4, -0.2) is 89.3 Å². The maximum absolute atomic E-state index is 13.5. The highest BCUT2D eigenvalue weighted by molar-refractivity contribution is 8.14. The lowest BCUT2D eigenvalue weighted by Crippen LogP contribution is -2.59. The van der Waals surface area contributed by atoms with Crippen molar-refractivity contribution in [1.82, 2.24) is 19.1 Å². The Bertz CT molecular complexity index is 1360. The van der Waals surface area contributed by atoms with E-state index in [-0.39, 0.29) is 42.3 Å². The molecule has 36 heavy (non-hydrogen) atoms. The standard InChI is InChI=1S/C23H27ClN6O3S3/c1-15-27(2)19-7-9-30(26-22(19)34-15)23(31)29-11-10-28(14-18(29)4-3-8-25)36(32,33)21-12-16-5-6-17(24)13-20(16)35-21/h5-6,12-13,15,18-19H,3-4,7,9-11,14H2,1-2H3. The first-order chi connectivity index (χ1) is 17.2. The molecule has 1 aromatic heterocycles. The predicted octanol–water partition coefficient (Wildman–Crippen LogP) is 4.07. The van der Waals surface area contributed by atoms with E-state index in [1.54, 1.807) is 34.9 Å². The highest BCUT2D eigenvalue weighted by Gasteiger charge is 2.42. The minimum absolute atomic E-state index is 0.145. The van der Waals surface area contributed by atoms with Gasteiger partial charge in [0.2, 0.25) is 0 Å². The molecule has 0 saturated carbocycles. The van der Waals surface area contributed by atoms with Gasteiger partial charge in [-0.2, -0.15) is 14.7 Å². The zero-order valence-electron chi connectivity index (χ0n) is 20.0. The van der Waals surface area contributed by atoms with Gasteiger partial charge in [-0.1, -0.05) is 29.4 Å². The summed E-state index contributed by atoms with van der Waals surface area (Å²) < 4.78 is 29.5. The lowest BCUT2D eigenvalue weighted by molar-refractivity contribution is 0.0948. The number of carbonyl (C=O) groups excluding carboxylic acids is 1. The molecule has 2 fully saturated rings. The van der Waals surface area contributed by atoms with E-state index in [4.69, 9.17) is 11.6 Å². The van der Waals surface area contributed by atoms with Crippen LogP contribution in [0.3, 0.4) is 0 Å². The number of sulfonamides is 1.